The molecule has 0 bridgehead atoms. The number of guanidine groups is 1. The third kappa shape index (κ3) is 7.46. The summed E-state index contributed by atoms with van der Waals surface area (Å²) in [5, 5.41) is 0. The lowest BCUT2D eigenvalue weighted by Crippen LogP contribution is -2.44. The Kier molecular flexibility index (Phi) is 10.4. The van der Waals surface area contributed by atoms with Gasteiger partial charge in [0.25, 0.3) is 0 Å². The van der Waals surface area contributed by atoms with Gasteiger partial charge in [0.2, 0.25) is 0 Å². The Morgan fingerprint density at radius 2 is 1.55 bits per heavy atom. The maximum absolute atomic E-state index is 6.12. The van der Waals surface area contributed by atoms with Crippen LogP contribution in [-0.2, 0) is 0 Å². The summed E-state index contributed by atoms with van der Waals surface area (Å²) in [5.74, 6) is 0.775. The Morgan fingerprint density at radius 1 is 0.909 bits per heavy atom. The van der Waals surface area contributed by atoms with E-state index in [9.17, 15) is 0 Å². The highest BCUT2D eigenvalue weighted by Gasteiger charge is 2.13. The average Bonchev–Trinajstić information content (AvgIpc) is 2.78. The van der Waals surface area contributed by atoms with Gasteiger partial charge in [-0.05, 0) is 39.3 Å². The average molecular weight is 423 g/mol. The minimum Gasteiger partial charge on any atom is -0.370 e. The molecule has 2 saturated heterocycles. The molecule has 2 heterocycles. The summed E-state index contributed by atoms with van der Waals surface area (Å²) >= 11 is 0. The number of hydrogen-bond donors (Lipinski definition) is 1. The fourth-order valence-electron chi connectivity index (χ4n) is 3.11. The maximum Gasteiger partial charge on any atom is 0.191 e. The summed E-state index contributed by atoms with van der Waals surface area (Å²) < 4.78 is 0. The van der Waals surface area contributed by atoms with E-state index in [4.69, 9.17) is 5.73 Å². The van der Waals surface area contributed by atoms with Gasteiger partial charge in [-0.3, -0.25) is 4.99 Å². The van der Waals surface area contributed by atoms with Gasteiger partial charge in [-0.15, -0.1) is 24.0 Å². The number of likely N-dealkylation sites (tertiary alicyclic amines) is 1. The third-order valence-electron chi connectivity index (χ3n) is 4.68. The molecule has 2 rings (SSSR count). The molecule has 0 radical (unpaired) electrons. The van der Waals surface area contributed by atoms with Crippen LogP contribution in [0.25, 0.3) is 0 Å². The van der Waals surface area contributed by atoms with E-state index in [1.165, 1.54) is 64.8 Å². The van der Waals surface area contributed by atoms with E-state index < -0.39 is 0 Å². The van der Waals surface area contributed by atoms with Crippen LogP contribution < -0.4 is 5.73 Å². The van der Waals surface area contributed by atoms with E-state index >= 15 is 0 Å². The van der Waals surface area contributed by atoms with E-state index in [1.54, 1.807) is 0 Å². The van der Waals surface area contributed by atoms with Crippen LogP contribution in [0.1, 0.15) is 38.5 Å². The zero-order valence-corrected chi connectivity index (χ0v) is 16.5. The minimum absolute atomic E-state index is 0. The number of unbranched alkanes of at least 4 members (excludes halogenated alkanes) is 1. The smallest absolute Gasteiger partial charge is 0.191 e. The number of piperazine rings is 1. The van der Waals surface area contributed by atoms with Crippen molar-refractivity contribution >= 4 is 29.9 Å². The van der Waals surface area contributed by atoms with Crippen LogP contribution in [0.3, 0.4) is 0 Å². The lowest BCUT2D eigenvalue weighted by molar-refractivity contribution is 0.152. The van der Waals surface area contributed by atoms with Crippen molar-refractivity contribution in [2.75, 3.05) is 59.4 Å². The zero-order valence-electron chi connectivity index (χ0n) is 14.2. The molecule has 22 heavy (non-hydrogen) atoms. The molecule has 0 aromatic heterocycles. The van der Waals surface area contributed by atoms with Gasteiger partial charge < -0.3 is 20.4 Å². The van der Waals surface area contributed by atoms with Crippen LogP contribution in [0, 0.1) is 0 Å². The molecule has 0 aromatic rings. The van der Waals surface area contributed by atoms with E-state index in [-0.39, 0.29) is 24.0 Å². The lowest BCUT2D eigenvalue weighted by Gasteiger charge is -2.32. The summed E-state index contributed by atoms with van der Waals surface area (Å²) in [6.07, 6.45) is 7.60. The number of likely N-dealkylation sites (N-methyl/N-ethyl adjacent to an activating group) is 1. The molecule has 0 aliphatic carbocycles. The Morgan fingerprint density at radius 3 is 2.18 bits per heavy atom. The topological polar surface area (TPSA) is 48.1 Å². The predicted molar refractivity (Wildman–Crippen MR) is 105 cm³/mol. The molecule has 130 valence electrons. The van der Waals surface area contributed by atoms with Gasteiger partial charge in [0.1, 0.15) is 0 Å². The third-order valence-corrected chi connectivity index (χ3v) is 4.68. The van der Waals surface area contributed by atoms with Gasteiger partial charge in [-0.1, -0.05) is 12.8 Å². The highest BCUT2D eigenvalue weighted by molar-refractivity contribution is 14.0. The van der Waals surface area contributed by atoms with Crippen molar-refractivity contribution in [2.24, 2.45) is 10.7 Å². The highest BCUT2D eigenvalue weighted by Crippen LogP contribution is 2.09. The van der Waals surface area contributed by atoms with Crippen LogP contribution in [0.2, 0.25) is 0 Å². The molecule has 0 aromatic carbocycles. The summed E-state index contributed by atoms with van der Waals surface area (Å²) in [7, 11) is 2.21. The first-order valence-electron chi connectivity index (χ1n) is 8.71. The molecule has 0 atom stereocenters. The van der Waals surface area contributed by atoms with Crippen LogP contribution in [-0.4, -0.2) is 80.1 Å². The molecule has 6 heteroatoms. The van der Waals surface area contributed by atoms with Crippen molar-refractivity contribution in [3.8, 4) is 0 Å². The van der Waals surface area contributed by atoms with Gasteiger partial charge in [0.05, 0.1) is 0 Å². The van der Waals surface area contributed by atoms with Gasteiger partial charge in [-0.25, -0.2) is 0 Å². The quantitative estimate of drug-likeness (QED) is 0.317. The molecule has 5 nitrogen and oxygen atoms in total. The number of halogens is 1. The van der Waals surface area contributed by atoms with E-state index in [0.29, 0.717) is 0 Å². The number of nitrogens with zero attached hydrogens (tertiary/aromatic N) is 4. The second-order valence-corrected chi connectivity index (χ2v) is 6.49. The van der Waals surface area contributed by atoms with Crippen LogP contribution in [0.4, 0.5) is 0 Å². The molecule has 2 fully saturated rings. The maximum atomic E-state index is 6.12. The van der Waals surface area contributed by atoms with Gasteiger partial charge in [0.15, 0.2) is 5.96 Å². The fourth-order valence-corrected chi connectivity index (χ4v) is 3.11. The number of rotatable bonds is 5. The molecule has 0 amide bonds. The van der Waals surface area contributed by atoms with Gasteiger partial charge >= 0.3 is 0 Å². The van der Waals surface area contributed by atoms with E-state index in [1.807, 2.05) is 0 Å². The van der Waals surface area contributed by atoms with Crippen molar-refractivity contribution in [2.45, 2.75) is 38.5 Å². The highest BCUT2D eigenvalue weighted by atomic mass is 127. The Balaban J connectivity index is 0.00000242. The Labute approximate surface area is 153 Å². The zero-order chi connectivity index (χ0) is 14.9. The van der Waals surface area contributed by atoms with Gasteiger partial charge in [-0.2, -0.15) is 0 Å². The Hall–Kier alpha value is -0.0800. The van der Waals surface area contributed by atoms with Gasteiger partial charge in [0, 0.05) is 45.8 Å². The van der Waals surface area contributed by atoms with Crippen molar-refractivity contribution in [1.29, 1.82) is 0 Å². The Bertz CT molecular complexity index is 308. The first-order valence-corrected chi connectivity index (χ1v) is 8.71. The minimum atomic E-state index is 0. The molecule has 0 saturated carbocycles. The molecular formula is C16H34IN5. The first kappa shape index (κ1) is 20.0. The van der Waals surface area contributed by atoms with Crippen molar-refractivity contribution in [3.05, 3.63) is 0 Å². The molecular weight excluding hydrogens is 389 g/mol. The van der Waals surface area contributed by atoms with E-state index in [0.717, 1.165) is 32.0 Å². The molecule has 2 aliphatic rings. The second-order valence-electron chi connectivity index (χ2n) is 6.49. The largest absolute Gasteiger partial charge is 0.370 e. The molecule has 0 spiro atoms. The molecule has 2 aliphatic heterocycles. The van der Waals surface area contributed by atoms with Crippen LogP contribution in [0.5, 0.6) is 0 Å². The lowest BCUT2D eigenvalue weighted by atomic mass is 10.2. The van der Waals surface area contributed by atoms with Crippen LogP contribution >= 0.6 is 24.0 Å². The molecule has 0 unspecified atom stereocenters. The summed E-state index contributed by atoms with van der Waals surface area (Å²) in [4.78, 5) is 11.8. The SMILES string of the molecule is CN1CCN(CCCCN=C(N)N2CCCCCC2)CC1.I. The monoisotopic (exact) mass is 423 g/mol. The summed E-state index contributed by atoms with van der Waals surface area (Å²) in [5.41, 5.74) is 6.12. The number of aliphatic imine (C=N–C) groups is 1. The first-order chi connectivity index (χ1) is 10.3. The number of nitrogens with two attached hydrogens (primary N) is 1. The summed E-state index contributed by atoms with van der Waals surface area (Å²) in [6, 6.07) is 0. The van der Waals surface area contributed by atoms with Crippen molar-refractivity contribution < 1.29 is 0 Å². The standard InChI is InChI=1S/C16H33N5.HI/c1-19-12-14-20(15-13-19)9-7-4-8-18-16(17)21-10-5-2-3-6-11-21;/h2-15H2,1H3,(H2,17,18);1H. The van der Waals surface area contributed by atoms with Crippen molar-refractivity contribution in [1.82, 2.24) is 14.7 Å². The van der Waals surface area contributed by atoms with Crippen LogP contribution in [0.15, 0.2) is 4.99 Å². The fraction of sp³-hybridized carbons (Fsp3) is 0.938. The number of hydrogen-bond acceptors (Lipinski definition) is 3. The van der Waals surface area contributed by atoms with E-state index in [2.05, 4.69) is 26.7 Å². The summed E-state index contributed by atoms with van der Waals surface area (Å²) in [6.45, 7) is 9.14. The molecule has 2 N–H and O–H groups in total. The second kappa shape index (κ2) is 11.5. The predicted octanol–water partition coefficient (Wildman–Crippen LogP) is 1.82. The normalized spacial score (nSPS) is 22.2. The van der Waals surface area contributed by atoms with Crippen molar-refractivity contribution in [3.63, 3.8) is 0 Å².